The zero-order chi connectivity index (χ0) is 11.3. The lowest BCUT2D eigenvalue weighted by atomic mass is 10.1. The van der Waals surface area contributed by atoms with Crippen molar-refractivity contribution in [2.75, 3.05) is 20.6 Å². The number of rotatable bonds is 1. The minimum absolute atomic E-state index is 0.0219. The Balaban J connectivity index is 2.97. The summed E-state index contributed by atoms with van der Waals surface area (Å²) in [7, 11) is 3.45. The average Bonchev–Trinajstić information content (AvgIpc) is 2.25. The van der Waals surface area contributed by atoms with Crippen LogP contribution in [0, 0.1) is 11.8 Å². The van der Waals surface area contributed by atoms with Crippen molar-refractivity contribution >= 4 is 5.91 Å². The van der Waals surface area contributed by atoms with E-state index in [-0.39, 0.29) is 5.91 Å². The van der Waals surface area contributed by atoms with Crippen molar-refractivity contribution in [3.8, 4) is 11.8 Å². The fraction of sp³-hybridized carbons (Fsp3) is 0.250. The molecule has 78 valence electrons. The third kappa shape index (κ3) is 3.12. The molecule has 0 atom stereocenters. The normalized spacial score (nSPS) is 9.00. The van der Waals surface area contributed by atoms with Crippen molar-refractivity contribution < 1.29 is 4.79 Å². The maximum absolute atomic E-state index is 11.6. The third-order valence-electron chi connectivity index (χ3n) is 1.85. The molecule has 0 radical (unpaired) electrons. The molecule has 0 unspecified atom stereocenters. The molecule has 0 saturated heterocycles. The molecule has 1 aromatic carbocycles. The molecule has 1 aromatic rings. The van der Waals surface area contributed by atoms with Crippen LogP contribution >= 0.6 is 0 Å². The van der Waals surface area contributed by atoms with Gasteiger partial charge >= 0.3 is 0 Å². The Morgan fingerprint density at radius 2 is 2.20 bits per heavy atom. The summed E-state index contributed by atoms with van der Waals surface area (Å²) in [5, 5.41) is 0. The van der Waals surface area contributed by atoms with Crippen LogP contribution in [-0.2, 0) is 0 Å². The van der Waals surface area contributed by atoms with E-state index in [0.717, 1.165) is 5.56 Å². The molecular weight excluding hydrogens is 188 g/mol. The van der Waals surface area contributed by atoms with Crippen LogP contribution in [0.15, 0.2) is 24.3 Å². The predicted molar refractivity (Wildman–Crippen MR) is 60.4 cm³/mol. The van der Waals surface area contributed by atoms with Crippen LogP contribution in [0.3, 0.4) is 0 Å². The van der Waals surface area contributed by atoms with E-state index in [0.29, 0.717) is 12.1 Å². The average molecular weight is 202 g/mol. The van der Waals surface area contributed by atoms with Gasteiger partial charge in [0.1, 0.15) is 0 Å². The van der Waals surface area contributed by atoms with Crippen molar-refractivity contribution in [3.63, 3.8) is 0 Å². The number of benzene rings is 1. The highest BCUT2D eigenvalue weighted by Gasteiger charge is 2.06. The first-order chi connectivity index (χ1) is 7.15. The molecule has 0 aromatic heterocycles. The van der Waals surface area contributed by atoms with Gasteiger partial charge in [0.15, 0.2) is 0 Å². The number of hydrogen-bond donors (Lipinski definition) is 1. The number of nitrogens with zero attached hydrogens (tertiary/aromatic N) is 1. The lowest BCUT2D eigenvalue weighted by Gasteiger charge is -2.09. The Bertz CT molecular complexity index is 413. The van der Waals surface area contributed by atoms with Gasteiger partial charge in [0, 0.05) is 25.2 Å². The highest BCUT2D eigenvalue weighted by atomic mass is 16.2. The SMILES string of the molecule is CN(C)C(=O)c1cccc(C#CCN)c1. The van der Waals surface area contributed by atoms with E-state index in [1.807, 2.05) is 12.1 Å². The molecule has 1 rings (SSSR count). The molecule has 1 amide bonds. The second-order valence-electron chi connectivity index (χ2n) is 3.29. The third-order valence-corrected chi connectivity index (χ3v) is 1.85. The highest BCUT2D eigenvalue weighted by Crippen LogP contribution is 2.05. The predicted octanol–water partition coefficient (Wildman–Crippen LogP) is 0.699. The first kappa shape index (κ1) is 11.3. The molecule has 0 bridgehead atoms. The quantitative estimate of drug-likeness (QED) is 0.681. The van der Waals surface area contributed by atoms with Crippen LogP contribution in [0.5, 0.6) is 0 Å². The van der Waals surface area contributed by atoms with Gasteiger partial charge in [-0.3, -0.25) is 4.79 Å². The zero-order valence-electron chi connectivity index (χ0n) is 8.95. The van der Waals surface area contributed by atoms with Gasteiger partial charge in [-0.2, -0.15) is 0 Å². The summed E-state index contributed by atoms with van der Waals surface area (Å²) < 4.78 is 0. The number of carbonyl (C=O) groups is 1. The van der Waals surface area contributed by atoms with E-state index < -0.39 is 0 Å². The van der Waals surface area contributed by atoms with Crippen molar-refractivity contribution in [2.24, 2.45) is 5.73 Å². The van der Waals surface area contributed by atoms with Crippen molar-refractivity contribution in [3.05, 3.63) is 35.4 Å². The number of nitrogens with two attached hydrogens (primary N) is 1. The van der Waals surface area contributed by atoms with Gasteiger partial charge in [0.05, 0.1) is 6.54 Å². The standard InChI is InChI=1S/C12H14N2O/c1-14(2)12(15)11-7-3-5-10(9-11)6-4-8-13/h3,5,7,9H,8,13H2,1-2H3. The lowest BCUT2D eigenvalue weighted by Crippen LogP contribution is -2.21. The summed E-state index contributed by atoms with van der Waals surface area (Å²) in [6, 6.07) is 7.22. The summed E-state index contributed by atoms with van der Waals surface area (Å²) in [4.78, 5) is 13.2. The van der Waals surface area contributed by atoms with Gasteiger partial charge in [-0.05, 0) is 18.2 Å². The number of carbonyl (C=O) groups excluding carboxylic acids is 1. The second-order valence-corrected chi connectivity index (χ2v) is 3.29. The Kier molecular flexibility index (Phi) is 3.90. The van der Waals surface area contributed by atoms with E-state index >= 15 is 0 Å². The fourth-order valence-corrected chi connectivity index (χ4v) is 1.14. The summed E-state index contributed by atoms with van der Waals surface area (Å²) >= 11 is 0. The molecule has 3 nitrogen and oxygen atoms in total. The second kappa shape index (κ2) is 5.18. The molecule has 0 spiro atoms. The summed E-state index contributed by atoms with van der Waals surface area (Å²) in [6.07, 6.45) is 0. The van der Waals surface area contributed by atoms with Crippen molar-refractivity contribution in [2.45, 2.75) is 0 Å². The molecule has 3 heteroatoms. The Morgan fingerprint density at radius 3 is 2.80 bits per heavy atom. The van der Waals surface area contributed by atoms with E-state index in [9.17, 15) is 4.79 Å². The largest absolute Gasteiger partial charge is 0.345 e. The maximum Gasteiger partial charge on any atom is 0.253 e. The maximum atomic E-state index is 11.6. The van der Waals surface area contributed by atoms with Gasteiger partial charge in [0.2, 0.25) is 0 Å². The van der Waals surface area contributed by atoms with E-state index in [1.165, 1.54) is 4.90 Å². The van der Waals surface area contributed by atoms with Crippen LogP contribution in [-0.4, -0.2) is 31.4 Å². The van der Waals surface area contributed by atoms with Crippen LogP contribution in [0.25, 0.3) is 0 Å². The van der Waals surface area contributed by atoms with Gasteiger partial charge in [-0.25, -0.2) is 0 Å². The van der Waals surface area contributed by atoms with Crippen LogP contribution < -0.4 is 5.73 Å². The summed E-state index contributed by atoms with van der Waals surface area (Å²) in [5.41, 5.74) is 6.73. The van der Waals surface area contributed by atoms with Crippen LogP contribution in [0.1, 0.15) is 15.9 Å². The summed E-state index contributed by atoms with van der Waals surface area (Å²) in [6.45, 7) is 0.325. The molecule has 0 aliphatic rings. The first-order valence-electron chi connectivity index (χ1n) is 4.66. The minimum Gasteiger partial charge on any atom is -0.345 e. The molecule has 0 heterocycles. The minimum atomic E-state index is -0.0219. The first-order valence-corrected chi connectivity index (χ1v) is 4.66. The van der Waals surface area contributed by atoms with E-state index in [4.69, 9.17) is 5.73 Å². The molecule has 0 saturated carbocycles. The Hall–Kier alpha value is -1.79. The van der Waals surface area contributed by atoms with Crippen LogP contribution in [0.4, 0.5) is 0 Å². The topological polar surface area (TPSA) is 46.3 Å². The lowest BCUT2D eigenvalue weighted by molar-refractivity contribution is 0.0827. The summed E-state index contributed by atoms with van der Waals surface area (Å²) in [5.74, 6) is 5.62. The van der Waals surface area contributed by atoms with Crippen LogP contribution in [0.2, 0.25) is 0 Å². The number of amides is 1. The van der Waals surface area contributed by atoms with E-state index in [1.54, 1.807) is 26.2 Å². The molecule has 0 aliphatic carbocycles. The van der Waals surface area contributed by atoms with Gasteiger partial charge in [-0.1, -0.05) is 17.9 Å². The van der Waals surface area contributed by atoms with Gasteiger partial charge in [-0.15, -0.1) is 0 Å². The fourth-order valence-electron chi connectivity index (χ4n) is 1.14. The van der Waals surface area contributed by atoms with Gasteiger partial charge in [0.25, 0.3) is 5.91 Å². The molecule has 2 N–H and O–H groups in total. The molecule has 15 heavy (non-hydrogen) atoms. The van der Waals surface area contributed by atoms with Gasteiger partial charge < -0.3 is 10.6 Å². The van der Waals surface area contributed by atoms with Crippen molar-refractivity contribution in [1.82, 2.24) is 4.90 Å². The molecule has 0 fully saturated rings. The van der Waals surface area contributed by atoms with E-state index in [2.05, 4.69) is 11.8 Å². The Morgan fingerprint density at radius 1 is 1.47 bits per heavy atom. The number of hydrogen-bond acceptors (Lipinski definition) is 2. The smallest absolute Gasteiger partial charge is 0.253 e. The molecular formula is C12H14N2O. The Labute approximate surface area is 89.9 Å². The molecule has 0 aliphatic heterocycles. The highest BCUT2D eigenvalue weighted by molar-refractivity contribution is 5.94. The zero-order valence-corrected chi connectivity index (χ0v) is 8.95. The van der Waals surface area contributed by atoms with Crippen molar-refractivity contribution in [1.29, 1.82) is 0 Å². The monoisotopic (exact) mass is 202 g/mol.